The number of hydrogen-bond donors (Lipinski definition) is 0. The van der Waals surface area contributed by atoms with Gasteiger partial charge in [-0.05, 0) is 31.4 Å². The SMILES string of the molecule is Cc1ccc(N2CCC(N3CCS(=O)(=O)CC3)CC2)c([N+](=O)[O-])c1. The highest BCUT2D eigenvalue weighted by Gasteiger charge is 2.31. The van der Waals surface area contributed by atoms with Gasteiger partial charge in [0.1, 0.15) is 5.69 Å². The van der Waals surface area contributed by atoms with Crippen LogP contribution in [0.15, 0.2) is 18.2 Å². The van der Waals surface area contributed by atoms with E-state index in [0.717, 1.165) is 31.5 Å². The Kier molecular flexibility index (Phi) is 4.78. The van der Waals surface area contributed by atoms with Gasteiger partial charge in [0.05, 0.1) is 16.4 Å². The highest BCUT2D eigenvalue weighted by Crippen LogP contribution is 2.32. The smallest absolute Gasteiger partial charge is 0.292 e. The average molecular weight is 353 g/mol. The first kappa shape index (κ1) is 17.2. The van der Waals surface area contributed by atoms with Crippen molar-refractivity contribution in [3.05, 3.63) is 33.9 Å². The van der Waals surface area contributed by atoms with E-state index in [2.05, 4.69) is 9.80 Å². The van der Waals surface area contributed by atoms with Crippen LogP contribution in [0.4, 0.5) is 11.4 Å². The van der Waals surface area contributed by atoms with Gasteiger partial charge in [-0.15, -0.1) is 0 Å². The number of nitro benzene ring substituents is 1. The van der Waals surface area contributed by atoms with Crippen molar-refractivity contribution in [3.8, 4) is 0 Å². The van der Waals surface area contributed by atoms with Crippen molar-refractivity contribution in [1.82, 2.24) is 4.90 Å². The molecule has 2 aliphatic heterocycles. The molecule has 8 heteroatoms. The first-order chi connectivity index (χ1) is 11.4. The molecule has 1 aromatic carbocycles. The molecular formula is C16H23N3O4S. The standard InChI is InChI=1S/C16H23N3O4S/c1-13-2-3-15(16(12-13)19(20)21)18-6-4-14(5-7-18)17-8-10-24(22,23)11-9-17/h2-3,12,14H,4-11H2,1H3. The summed E-state index contributed by atoms with van der Waals surface area (Å²) in [6, 6.07) is 5.74. The topological polar surface area (TPSA) is 83.8 Å². The Labute approximate surface area is 142 Å². The second-order valence-electron chi connectivity index (χ2n) is 6.66. The molecule has 132 valence electrons. The van der Waals surface area contributed by atoms with Gasteiger partial charge < -0.3 is 4.90 Å². The van der Waals surface area contributed by atoms with E-state index in [1.165, 1.54) is 0 Å². The summed E-state index contributed by atoms with van der Waals surface area (Å²) in [5.41, 5.74) is 1.73. The van der Waals surface area contributed by atoms with E-state index in [1.54, 1.807) is 6.07 Å². The van der Waals surface area contributed by atoms with Gasteiger partial charge in [-0.25, -0.2) is 8.42 Å². The molecule has 0 amide bonds. The average Bonchev–Trinajstić information content (AvgIpc) is 2.55. The summed E-state index contributed by atoms with van der Waals surface area (Å²) in [6.45, 7) is 4.60. The minimum atomic E-state index is -2.85. The minimum absolute atomic E-state index is 0.164. The van der Waals surface area contributed by atoms with E-state index < -0.39 is 9.84 Å². The van der Waals surface area contributed by atoms with Gasteiger partial charge in [-0.2, -0.15) is 0 Å². The number of nitrogens with zero attached hydrogens (tertiary/aromatic N) is 3. The van der Waals surface area contributed by atoms with E-state index in [0.29, 0.717) is 24.8 Å². The molecule has 0 spiro atoms. The Bertz CT molecular complexity index is 713. The molecule has 3 rings (SSSR count). The quantitative estimate of drug-likeness (QED) is 0.606. The number of sulfone groups is 1. The van der Waals surface area contributed by atoms with Crippen LogP contribution in [0.5, 0.6) is 0 Å². The van der Waals surface area contributed by atoms with Crippen LogP contribution in [0.25, 0.3) is 0 Å². The number of hydrogen-bond acceptors (Lipinski definition) is 6. The molecule has 2 fully saturated rings. The molecule has 0 saturated carbocycles. The predicted molar refractivity (Wildman–Crippen MR) is 93.3 cm³/mol. The zero-order valence-corrected chi connectivity index (χ0v) is 14.7. The summed E-state index contributed by atoms with van der Waals surface area (Å²) in [5.74, 6) is 0.493. The predicted octanol–water partition coefficient (Wildman–Crippen LogP) is 1.60. The summed E-state index contributed by atoms with van der Waals surface area (Å²) in [6.07, 6.45) is 1.82. The molecule has 0 atom stereocenters. The number of anilines is 1. The van der Waals surface area contributed by atoms with Crippen LogP contribution < -0.4 is 4.90 Å². The zero-order chi connectivity index (χ0) is 17.3. The van der Waals surface area contributed by atoms with E-state index in [9.17, 15) is 18.5 Å². The van der Waals surface area contributed by atoms with Crippen LogP contribution in [-0.2, 0) is 9.84 Å². The van der Waals surface area contributed by atoms with Crippen molar-refractivity contribution >= 4 is 21.2 Å². The molecule has 0 N–H and O–H groups in total. The fourth-order valence-corrected chi connectivity index (χ4v) is 4.84. The lowest BCUT2D eigenvalue weighted by Crippen LogP contribution is -2.50. The van der Waals surface area contributed by atoms with Gasteiger partial charge in [0.15, 0.2) is 9.84 Å². The Balaban J connectivity index is 1.65. The maximum atomic E-state index is 11.5. The van der Waals surface area contributed by atoms with Crippen LogP contribution in [0, 0.1) is 17.0 Å². The molecule has 1 aromatic rings. The molecule has 2 heterocycles. The second-order valence-corrected chi connectivity index (χ2v) is 8.96. The highest BCUT2D eigenvalue weighted by atomic mass is 32.2. The highest BCUT2D eigenvalue weighted by molar-refractivity contribution is 7.91. The number of rotatable bonds is 3. The maximum Gasteiger partial charge on any atom is 0.292 e. The molecule has 0 aromatic heterocycles. The number of nitro groups is 1. The van der Waals surface area contributed by atoms with Gasteiger partial charge in [0.25, 0.3) is 5.69 Å². The number of piperidine rings is 1. The van der Waals surface area contributed by atoms with Gasteiger partial charge in [-0.1, -0.05) is 6.07 Å². The summed E-state index contributed by atoms with van der Waals surface area (Å²) in [5, 5.41) is 11.3. The Morgan fingerprint density at radius 2 is 1.75 bits per heavy atom. The van der Waals surface area contributed by atoms with Crippen LogP contribution in [0.3, 0.4) is 0 Å². The van der Waals surface area contributed by atoms with Crippen LogP contribution in [0.2, 0.25) is 0 Å². The third-order valence-electron chi connectivity index (χ3n) is 5.03. The first-order valence-corrected chi connectivity index (χ1v) is 10.1. The van der Waals surface area contributed by atoms with Crippen molar-refractivity contribution < 1.29 is 13.3 Å². The van der Waals surface area contributed by atoms with E-state index in [1.807, 2.05) is 19.1 Å². The van der Waals surface area contributed by atoms with Crippen molar-refractivity contribution in [2.75, 3.05) is 42.6 Å². The minimum Gasteiger partial charge on any atom is -0.366 e. The van der Waals surface area contributed by atoms with E-state index in [4.69, 9.17) is 0 Å². The number of aryl methyl sites for hydroxylation is 1. The number of benzene rings is 1. The van der Waals surface area contributed by atoms with Crippen LogP contribution >= 0.6 is 0 Å². The first-order valence-electron chi connectivity index (χ1n) is 8.30. The van der Waals surface area contributed by atoms with Crippen LogP contribution in [0.1, 0.15) is 18.4 Å². The van der Waals surface area contributed by atoms with Gasteiger partial charge in [-0.3, -0.25) is 15.0 Å². The molecule has 2 aliphatic rings. The van der Waals surface area contributed by atoms with Gasteiger partial charge in [0, 0.05) is 38.3 Å². The lowest BCUT2D eigenvalue weighted by Gasteiger charge is -2.40. The monoisotopic (exact) mass is 353 g/mol. The lowest BCUT2D eigenvalue weighted by molar-refractivity contribution is -0.384. The van der Waals surface area contributed by atoms with Crippen LogP contribution in [-0.4, -0.2) is 62.0 Å². The van der Waals surface area contributed by atoms with Crippen molar-refractivity contribution in [3.63, 3.8) is 0 Å². The molecule has 24 heavy (non-hydrogen) atoms. The van der Waals surface area contributed by atoms with Crippen molar-refractivity contribution in [2.24, 2.45) is 0 Å². The molecule has 2 saturated heterocycles. The third kappa shape index (κ3) is 3.70. The Morgan fingerprint density at radius 1 is 1.12 bits per heavy atom. The Hall–Kier alpha value is -1.67. The van der Waals surface area contributed by atoms with Gasteiger partial charge >= 0.3 is 0 Å². The molecule has 7 nitrogen and oxygen atoms in total. The largest absolute Gasteiger partial charge is 0.366 e. The molecule has 0 radical (unpaired) electrons. The lowest BCUT2D eigenvalue weighted by atomic mass is 10.0. The summed E-state index contributed by atoms with van der Waals surface area (Å²) in [4.78, 5) is 15.3. The van der Waals surface area contributed by atoms with Crippen molar-refractivity contribution in [1.29, 1.82) is 0 Å². The van der Waals surface area contributed by atoms with E-state index >= 15 is 0 Å². The van der Waals surface area contributed by atoms with Gasteiger partial charge in [0.2, 0.25) is 0 Å². The third-order valence-corrected chi connectivity index (χ3v) is 6.64. The maximum absolute atomic E-state index is 11.5. The summed E-state index contributed by atoms with van der Waals surface area (Å²) < 4.78 is 23.1. The fourth-order valence-electron chi connectivity index (χ4n) is 3.61. The summed E-state index contributed by atoms with van der Waals surface area (Å²) >= 11 is 0. The second kappa shape index (κ2) is 6.68. The Morgan fingerprint density at radius 3 is 2.33 bits per heavy atom. The fraction of sp³-hybridized carbons (Fsp3) is 0.625. The molecular weight excluding hydrogens is 330 g/mol. The van der Waals surface area contributed by atoms with Crippen molar-refractivity contribution in [2.45, 2.75) is 25.8 Å². The molecule has 0 unspecified atom stereocenters. The molecule has 0 aliphatic carbocycles. The molecule has 0 bridgehead atoms. The van der Waals surface area contributed by atoms with E-state index in [-0.39, 0.29) is 22.1 Å². The zero-order valence-electron chi connectivity index (χ0n) is 13.8. The normalized spacial score (nSPS) is 22.5. The summed E-state index contributed by atoms with van der Waals surface area (Å²) in [7, 11) is -2.85.